The largest absolute Gasteiger partial charge is 0.314 e. The Morgan fingerprint density at radius 2 is 2.07 bits per heavy atom. The summed E-state index contributed by atoms with van der Waals surface area (Å²) in [4.78, 5) is 1.38. The van der Waals surface area contributed by atoms with Crippen LogP contribution in [0.25, 0.3) is 0 Å². The van der Waals surface area contributed by atoms with E-state index in [2.05, 4.69) is 41.0 Å². The number of piperazine rings is 1. The van der Waals surface area contributed by atoms with Gasteiger partial charge in [-0.1, -0.05) is 18.2 Å². The molecule has 0 amide bonds. The maximum atomic E-state index is 3.53. The van der Waals surface area contributed by atoms with E-state index in [9.17, 15) is 0 Å². The Kier molecular flexibility index (Phi) is 4.51. The first-order valence-electron chi connectivity index (χ1n) is 5.57. The van der Waals surface area contributed by atoms with Gasteiger partial charge in [-0.25, -0.2) is 0 Å². The molecular weight excluding hydrogens is 204 g/mol. The van der Waals surface area contributed by atoms with Crippen LogP contribution in [0.4, 0.5) is 0 Å². The van der Waals surface area contributed by atoms with Crippen molar-refractivity contribution in [2.45, 2.75) is 17.4 Å². The Morgan fingerprint density at radius 3 is 2.80 bits per heavy atom. The fraction of sp³-hybridized carbons (Fsp3) is 0.500. The molecule has 15 heavy (non-hydrogen) atoms. The highest BCUT2D eigenvalue weighted by Gasteiger charge is 2.10. The first-order valence-corrected chi connectivity index (χ1v) is 6.55. The minimum atomic E-state index is 0.662. The van der Waals surface area contributed by atoms with Gasteiger partial charge < -0.3 is 10.6 Å². The average Bonchev–Trinajstić information content (AvgIpc) is 2.32. The molecule has 1 heterocycles. The number of hydrogen-bond acceptors (Lipinski definition) is 3. The standard InChI is InChI=1S/C12H18N2S/c1-2-4-12(5-3-1)15-9-6-11-10-13-7-8-14-11/h1-5,11,13-14H,6-10H2. The molecule has 1 atom stereocenters. The molecule has 0 aliphatic carbocycles. The molecule has 0 radical (unpaired) electrons. The summed E-state index contributed by atoms with van der Waals surface area (Å²) in [5.41, 5.74) is 0. The van der Waals surface area contributed by atoms with Crippen LogP contribution < -0.4 is 10.6 Å². The SMILES string of the molecule is c1ccc(SCCC2CNCCN2)cc1. The highest BCUT2D eigenvalue weighted by Crippen LogP contribution is 2.18. The van der Waals surface area contributed by atoms with Crippen molar-refractivity contribution in [1.29, 1.82) is 0 Å². The molecule has 1 saturated heterocycles. The van der Waals surface area contributed by atoms with Gasteiger partial charge in [0, 0.05) is 30.6 Å². The van der Waals surface area contributed by atoms with Gasteiger partial charge in [-0.2, -0.15) is 0 Å². The van der Waals surface area contributed by atoms with Crippen LogP contribution in [-0.4, -0.2) is 31.4 Å². The van der Waals surface area contributed by atoms with E-state index in [0.717, 1.165) is 19.6 Å². The Hall–Kier alpha value is -0.510. The summed E-state index contributed by atoms with van der Waals surface area (Å²) in [5, 5.41) is 6.94. The number of benzene rings is 1. The zero-order chi connectivity index (χ0) is 10.3. The quantitative estimate of drug-likeness (QED) is 0.759. The molecule has 82 valence electrons. The Bertz CT molecular complexity index is 270. The van der Waals surface area contributed by atoms with Crippen molar-refractivity contribution in [2.75, 3.05) is 25.4 Å². The summed E-state index contributed by atoms with van der Waals surface area (Å²) in [5.74, 6) is 1.20. The molecule has 0 aromatic heterocycles. The summed E-state index contributed by atoms with van der Waals surface area (Å²) < 4.78 is 0. The second-order valence-electron chi connectivity index (χ2n) is 3.81. The number of rotatable bonds is 4. The van der Waals surface area contributed by atoms with Crippen molar-refractivity contribution < 1.29 is 0 Å². The first-order chi connectivity index (χ1) is 7.45. The predicted octanol–water partition coefficient (Wildman–Crippen LogP) is 1.73. The van der Waals surface area contributed by atoms with Crippen LogP contribution in [0.1, 0.15) is 6.42 Å². The summed E-state index contributed by atoms with van der Waals surface area (Å²) in [7, 11) is 0. The van der Waals surface area contributed by atoms with Gasteiger partial charge in [0.1, 0.15) is 0 Å². The number of hydrogen-bond donors (Lipinski definition) is 2. The lowest BCUT2D eigenvalue weighted by atomic mass is 10.2. The zero-order valence-electron chi connectivity index (χ0n) is 8.91. The van der Waals surface area contributed by atoms with Crippen molar-refractivity contribution in [2.24, 2.45) is 0 Å². The van der Waals surface area contributed by atoms with Crippen LogP contribution >= 0.6 is 11.8 Å². The van der Waals surface area contributed by atoms with Crippen LogP contribution in [0.5, 0.6) is 0 Å². The van der Waals surface area contributed by atoms with Crippen molar-refractivity contribution in [3.63, 3.8) is 0 Å². The van der Waals surface area contributed by atoms with E-state index in [0.29, 0.717) is 6.04 Å². The Labute approximate surface area is 95.8 Å². The van der Waals surface area contributed by atoms with E-state index < -0.39 is 0 Å². The highest BCUT2D eigenvalue weighted by molar-refractivity contribution is 7.99. The molecule has 2 nitrogen and oxygen atoms in total. The van der Waals surface area contributed by atoms with E-state index in [1.54, 1.807) is 0 Å². The van der Waals surface area contributed by atoms with Crippen molar-refractivity contribution in [3.8, 4) is 0 Å². The molecule has 1 unspecified atom stereocenters. The fourth-order valence-electron chi connectivity index (χ4n) is 1.75. The second kappa shape index (κ2) is 6.16. The van der Waals surface area contributed by atoms with E-state index in [1.807, 2.05) is 11.8 Å². The minimum absolute atomic E-state index is 0.662. The maximum absolute atomic E-state index is 3.53. The zero-order valence-corrected chi connectivity index (χ0v) is 9.72. The second-order valence-corrected chi connectivity index (χ2v) is 4.97. The molecule has 1 fully saturated rings. The lowest BCUT2D eigenvalue weighted by molar-refractivity contribution is 0.412. The molecule has 0 saturated carbocycles. The molecule has 1 aliphatic rings. The molecule has 2 N–H and O–H groups in total. The van der Waals surface area contributed by atoms with E-state index in [1.165, 1.54) is 17.1 Å². The van der Waals surface area contributed by atoms with E-state index in [-0.39, 0.29) is 0 Å². The van der Waals surface area contributed by atoms with Crippen molar-refractivity contribution in [1.82, 2.24) is 10.6 Å². The summed E-state index contributed by atoms with van der Waals surface area (Å²) in [6.45, 7) is 3.35. The van der Waals surface area contributed by atoms with Gasteiger partial charge in [0.2, 0.25) is 0 Å². The van der Waals surface area contributed by atoms with Crippen LogP contribution in [0.15, 0.2) is 35.2 Å². The molecule has 1 aliphatic heterocycles. The molecule has 0 bridgehead atoms. The van der Waals surface area contributed by atoms with Gasteiger partial charge in [0.15, 0.2) is 0 Å². The number of nitrogens with one attached hydrogen (secondary N) is 2. The lowest BCUT2D eigenvalue weighted by Crippen LogP contribution is -2.48. The third-order valence-electron chi connectivity index (χ3n) is 2.60. The molecule has 3 heteroatoms. The predicted molar refractivity (Wildman–Crippen MR) is 66.4 cm³/mol. The summed E-state index contributed by atoms with van der Waals surface area (Å²) in [6, 6.07) is 11.3. The third kappa shape index (κ3) is 3.86. The molecule has 0 spiro atoms. The summed E-state index contributed by atoms with van der Waals surface area (Å²) >= 11 is 1.95. The van der Waals surface area contributed by atoms with Gasteiger partial charge in [-0.15, -0.1) is 11.8 Å². The normalized spacial score (nSPS) is 21.5. The van der Waals surface area contributed by atoms with Gasteiger partial charge in [-0.3, -0.25) is 0 Å². The smallest absolute Gasteiger partial charge is 0.0201 e. The van der Waals surface area contributed by atoms with E-state index >= 15 is 0 Å². The number of thioether (sulfide) groups is 1. The lowest BCUT2D eigenvalue weighted by Gasteiger charge is -2.24. The first kappa shape index (κ1) is 11.0. The molecule has 1 aromatic carbocycles. The van der Waals surface area contributed by atoms with Gasteiger partial charge >= 0.3 is 0 Å². The third-order valence-corrected chi connectivity index (χ3v) is 3.65. The van der Waals surface area contributed by atoms with Crippen molar-refractivity contribution >= 4 is 11.8 Å². The minimum Gasteiger partial charge on any atom is -0.314 e. The maximum Gasteiger partial charge on any atom is 0.0201 e. The highest BCUT2D eigenvalue weighted by atomic mass is 32.2. The van der Waals surface area contributed by atoms with Crippen molar-refractivity contribution in [3.05, 3.63) is 30.3 Å². The van der Waals surface area contributed by atoms with Crippen LogP contribution in [-0.2, 0) is 0 Å². The van der Waals surface area contributed by atoms with Gasteiger partial charge in [-0.05, 0) is 24.3 Å². The summed E-state index contributed by atoms with van der Waals surface area (Å²) in [6.07, 6.45) is 1.24. The fourth-order valence-corrected chi connectivity index (χ4v) is 2.74. The Balaban J connectivity index is 1.66. The van der Waals surface area contributed by atoms with Crippen LogP contribution in [0.2, 0.25) is 0 Å². The van der Waals surface area contributed by atoms with Gasteiger partial charge in [0.05, 0.1) is 0 Å². The molecular formula is C12H18N2S. The Morgan fingerprint density at radius 1 is 1.20 bits per heavy atom. The molecule has 2 rings (SSSR count). The topological polar surface area (TPSA) is 24.1 Å². The molecule has 1 aromatic rings. The van der Waals surface area contributed by atoms with Crippen LogP contribution in [0, 0.1) is 0 Å². The average molecular weight is 222 g/mol. The van der Waals surface area contributed by atoms with E-state index in [4.69, 9.17) is 0 Å². The monoisotopic (exact) mass is 222 g/mol. The van der Waals surface area contributed by atoms with Gasteiger partial charge in [0.25, 0.3) is 0 Å². The van der Waals surface area contributed by atoms with Crippen LogP contribution in [0.3, 0.4) is 0 Å².